The maximum Gasteiger partial charge on any atom is 0.202 e. The molecule has 342 valence electrons. The quantitative estimate of drug-likeness (QED) is 0.122. The van der Waals surface area contributed by atoms with Crippen molar-refractivity contribution in [1.29, 1.82) is 0 Å². The van der Waals surface area contributed by atoms with Crippen molar-refractivity contribution in [2.24, 2.45) is 0 Å². The predicted molar refractivity (Wildman–Crippen MR) is 283 cm³/mol. The summed E-state index contributed by atoms with van der Waals surface area (Å²) in [5.41, 5.74) is 17.7. The van der Waals surface area contributed by atoms with Gasteiger partial charge in [0.25, 0.3) is 0 Å². The van der Waals surface area contributed by atoms with Crippen LogP contribution >= 0.6 is 47.0 Å². The number of rotatable bonds is 6. The second-order valence-electron chi connectivity index (χ2n) is 17.6. The Morgan fingerprint density at radius 3 is 1.31 bits per heavy atom. The molecular formula is C59H30B2N4Pt2S4-6. The molecule has 15 rings (SSSR count). The minimum Gasteiger partial charge on any atom is -0.473 e. The van der Waals surface area contributed by atoms with Crippen molar-refractivity contribution >= 4 is 104 Å². The predicted octanol–water partition coefficient (Wildman–Crippen LogP) is 9.96. The number of hydrogen-bond acceptors (Lipinski definition) is 6. The van der Waals surface area contributed by atoms with Gasteiger partial charge in [0.2, 0.25) is 13.4 Å². The van der Waals surface area contributed by atoms with E-state index in [1.54, 1.807) is 0 Å². The van der Waals surface area contributed by atoms with Gasteiger partial charge in [0.1, 0.15) is 0 Å². The Labute approximate surface area is 458 Å². The molecule has 4 aliphatic heterocycles. The first-order chi connectivity index (χ1) is 34.1. The van der Waals surface area contributed by atoms with Crippen LogP contribution in [0.15, 0.2) is 210 Å². The van der Waals surface area contributed by atoms with Gasteiger partial charge in [-0.05, 0) is 77.3 Å². The van der Waals surface area contributed by atoms with E-state index in [2.05, 4.69) is 182 Å². The van der Waals surface area contributed by atoms with Gasteiger partial charge in [-0.2, -0.15) is 92.4 Å². The van der Waals surface area contributed by atoms with E-state index in [0.717, 1.165) is 61.4 Å². The molecular weight excluding hydrogens is 1300 g/mol. The third-order valence-corrected chi connectivity index (χ3v) is 18.2. The summed E-state index contributed by atoms with van der Waals surface area (Å²) in [6.07, 6.45) is 16.3. The molecule has 0 radical (unpaired) electrons. The van der Waals surface area contributed by atoms with Crippen molar-refractivity contribution in [1.82, 2.24) is 19.6 Å². The summed E-state index contributed by atoms with van der Waals surface area (Å²) in [6.45, 7) is -0.0380. The van der Waals surface area contributed by atoms with Gasteiger partial charge < -0.3 is 23.3 Å². The van der Waals surface area contributed by atoms with Crippen molar-refractivity contribution in [2.75, 3.05) is 0 Å². The standard InChI is InChI=1S/C59H30B2N4S4.2Pt/c1-3-9-36(10-4-1)42-32-62-64(34-42)44-21-25-52-48(30-44)60-46-28-40(19-23-50(46)66-54-13-7-15-56(68-52)58(54)60)38-17-18-39(27-38)41-20-24-51-47(29-41)61-49-31-45(65-35-43(33-63-65)37-11-5-2-6-12-37)22-26-53(49)69-57-16-8-14-55(67-51)59(57)61;;/h1-16,19-26,32-35H,17H2;;/q-6;;. The molecule has 0 spiro atoms. The third kappa shape index (κ3) is 7.67. The largest absolute Gasteiger partial charge is 0.473 e. The van der Waals surface area contributed by atoms with Gasteiger partial charge in [-0.15, -0.1) is 69.1 Å². The van der Waals surface area contributed by atoms with E-state index >= 15 is 0 Å². The second kappa shape index (κ2) is 18.2. The van der Waals surface area contributed by atoms with Crippen LogP contribution in [0, 0.1) is 36.4 Å². The number of benzene rings is 8. The number of hydrogen-bond donors (Lipinski definition) is 0. The molecule has 0 bridgehead atoms. The average Bonchev–Trinajstić information content (AvgIpc) is 4.22. The van der Waals surface area contributed by atoms with Crippen LogP contribution in [0.25, 0.3) is 44.8 Å². The molecule has 0 N–H and O–H groups in total. The Bertz CT molecular complexity index is 3840. The second-order valence-corrected chi connectivity index (χ2v) is 21.9. The third-order valence-electron chi connectivity index (χ3n) is 13.6. The molecule has 8 aromatic carbocycles. The van der Waals surface area contributed by atoms with Crippen molar-refractivity contribution in [3.8, 4) is 33.6 Å². The van der Waals surface area contributed by atoms with Crippen LogP contribution in [0.3, 0.4) is 0 Å². The molecule has 0 amide bonds. The molecule has 0 saturated carbocycles. The molecule has 10 aromatic rings. The molecule has 0 saturated heterocycles. The van der Waals surface area contributed by atoms with Crippen LogP contribution in [0.2, 0.25) is 0 Å². The van der Waals surface area contributed by atoms with Crippen LogP contribution in [0.1, 0.15) is 17.5 Å². The van der Waals surface area contributed by atoms with Gasteiger partial charge in [-0.1, -0.05) is 82.6 Å². The Morgan fingerprint density at radius 2 is 0.831 bits per heavy atom. The first kappa shape index (κ1) is 45.4. The monoisotopic (exact) mass is 1330 g/mol. The van der Waals surface area contributed by atoms with Crippen LogP contribution in [-0.4, -0.2) is 33.0 Å². The molecule has 71 heavy (non-hydrogen) atoms. The van der Waals surface area contributed by atoms with E-state index in [4.69, 9.17) is 10.2 Å². The van der Waals surface area contributed by atoms with Crippen molar-refractivity contribution in [2.45, 2.75) is 45.6 Å². The van der Waals surface area contributed by atoms with Crippen molar-refractivity contribution in [3.05, 3.63) is 218 Å². The van der Waals surface area contributed by atoms with E-state index < -0.39 is 0 Å². The summed E-state index contributed by atoms with van der Waals surface area (Å²) >= 11 is 7.35. The zero-order chi connectivity index (χ0) is 45.2. The van der Waals surface area contributed by atoms with E-state index in [1.807, 2.05) is 80.9 Å². The molecule has 2 aromatic heterocycles. The van der Waals surface area contributed by atoms with E-state index in [9.17, 15) is 0 Å². The Morgan fingerprint density at radius 1 is 0.408 bits per heavy atom. The SMILES string of the molecule is [C-]1=C(c2[c-]c3c(cc2)Sc2cccc4c2B3c2[c-]c(-n3cc(-c5ccccc5)cn3)ccc2S4)[C-]=C(c2[c-]c3c(cc2)Sc2cccc4c2B3c2[c-]c(-n3cc(-c5ccccc5)cn3)ccc2S4)C1.[Pt].[Pt]. The summed E-state index contributed by atoms with van der Waals surface area (Å²) in [5.74, 6) is 0. The van der Waals surface area contributed by atoms with Crippen LogP contribution < -0.4 is 32.8 Å². The maximum atomic E-state index is 4.80. The van der Waals surface area contributed by atoms with Crippen LogP contribution in [0.5, 0.6) is 0 Å². The Hall–Kier alpha value is -5.43. The normalized spacial score (nSPS) is 14.1. The Kier molecular flexibility index (Phi) is 11.7. The smallest absolute Gasteiger partial charge is 0.202 e. The molecule has 1 aliphatic carbocycles. The summed E-state index contributed by atoms with van der Waals surface area (Å²) in [7, 11) is 0. The van der Waals surface area contributed by atoms with Gasteiger partial charge in [-0.25, -0.2) is 0 Å². The fraction of sp³-hybridized carbons (Fsp3) is 0.0169. The zero-order valence-corrected chi connectivity index (χ0v) is 44.9. The van der Waals surface area contributed by atoms with Gasteiger partial charge in [0, 0.05) is 65.7 Å². The maximum absolute atomic E-state index is 4.80. The molecule has 12 heteroatoms. The van der Waals surface area contributed by atoms with Gasteiger partial charge in [0.05, 0.1) is 12.4 Å². The summed E-state index contributed by atoms with van der Waals surface area (Å²) in [6, 6.07) is 67.7. The van der Waals surface area contributed by atoms with Gasteiger partial charge >= 0.3 is 0 Å². The molecule has 0 unspecified atom stereocenters. The summed E-state index contributed by atoms with van der Waals surface area (Å²) in [5, 5.41) is 9.60. The number of allylic oxidation sites excluding steroid dienone is 4. The van der Waals surface area contributed by atoms with Crippen LogP contribution in [-0.2, 0) is 42.1 Å². The summed E-state index contributed by atoms with van der Waals surface area (Å²) < 4.78 is 3.90. The minimum absolute atomic E-state index is 0. The topological polar surface area (TPSA) is 35.6 Å². The molecule has 5 aliphatic rings. The Balaban J connectivity index is 0.00000246. The summed E-state index contributed by atoms with van der Waals surface area (Å²) in [4.78, 5) is 10.0. The van der Waals surface area contributed by atoms with Gasteiger partial charge in [-0.3, -0.25) is 27.1 Å². The fourth-order valence-corrected chi connectivity index (χ4v) is 15.0. The van der Waals surface area contributed by atoms with Gasteiger partial charge in [0.15, 0.2) is 0 Å². The number of nitrogens with zero attached hydrogens (tertiary/aromatic N) is 4. The molecule has 6 heterocycles. The average molecular weight is 1330 g/mol. The molecule has 4 nitrogen and oxygen atoms in total. The minimum atomic E-state index is -0.0227. The first-order valence-electron chi connectivity index (χ1n) is 22.8. The zero-order valence-electron chi connectivity index (χ0n) is 37.1. The van der Waals surface area contributed by atoms with Crippen molar-refractivity contribution in [3.63, 3.8) is 0 Å². The van der Waals surface area contributed by atoms with E-state index in [-0.39, 0.29) is 55.6 Å². The molecule has 0 atom stereocenters. The van der Waals surface area contributed by atoms with Crippen molar-refractivity contribution < 1.29 is 42.1 Å². The van der Waals surface area contributed by atoms with Crippen LogP contribution in [0.4, 0.5) is 0 Å². The fourth-order valence-electron chi connectivity index (χ4n) is 10.3. The first-order valence-corrected chi connectivity index (χ1v) is 26.1. The number of fused-ring (bicyclic) bond motifs is 8. The number of aromatic nitrogens is 4. The van der Waals surface area contributed by atoms with E-state index in [0.29, 0.717) is 6.42 Å². The van der Waals surface area contributed by atoms with E-state index in [1.165, 1.54) is 66.5 Å². The molecule has 0 fully saturated rings.